The van der Waals surface area contributed by atoms with Gasteiger partial charge in [-0.05, 0) is 0 Å². The molecule has 0 aromatic rings. The van der Waals surface area contributed by atoms with E-state index in [0.717, 1.165) is 0 Å². The van der Waals surface area contributed by atoms with Gasteiger partial charge in [0.25, 0.3) is 0 Å². The van der Waals surface area contributed by atoms with Crippen molar-refractivity contribution < 1.29 is 9.59 Å². The molecule has 0 unspecified atom stereocenters. The van der Waals surface area contributed by atoms with Gasteiger partial charge in [0.15, 0.2) is 5.78 Å². The Hall–Kier alpha value is -1.18. The SMILES string of the molecule is CC(=O)C(=O)C1C=CC=C1. The van der Waals surface area contributed by atoms with E-state index in [9.17, 15) is 9.59 Å². The summed E-state index contributed by atoms with van der Waals surface area (Å²) in [5.74, 6) is -0.997. The van der Waals surface area contributed by atoms with E-state index in [-0.39, 0.29) is 17.5 Å². The third kappa shape index (κ3) is 1.21. The number of carbonyl (C=O) groups excluding carboxylic acids is 2. The van der Waals surface area contributed by atoms with Crippen molar-refractivity contribution in [1.82, 2.24) is 0 Å². The lowest BCUT2D eigenvalue weighted by molar-refractivity contribution is -0.136. The number of carbonyl (C=O) groups is 2. The molecule has 0 saturated carbocycles. The van der Waals surface area contributed by atoms with Crippen LogP contribution in [0.4, 0.5) is 0 Å². The predicted molar refractivity (Wildman–Crippen MR) is 37.5 cm³/mol. The van der Waals surface area contributed by atoms with Gasteiger partial charge in [0.05, 0.1) is 5.92 Å². The van der Waals surface area contributed by atoms with E-state index in [0.29, 0.717) is 0 Å². The van der Waals surface area contributed by atoms with Crippen molar-refractivity contribution in [2.45, 2.75) is 6.92 Å². The van der Waals surface area contributed by atoms with Crippen molar-refractivity contribution in [2.24, 2.45) is 5.92 Å². The lowest BCUT2D eigenvalue weighted by Gasteiger charge is -1.97. The summed E-state index contributed by atoms with van der Waals surface area (Å²) in [6.45, 7) is 1.29. The van der Waals surface area contributed by atoms with Crippen molar-refractivity contribution in [3.05, 3.63) is 24.3 Å². The Bertz CT molecular complexity index is 211. The fourth-order valence-electron chi connectivity index (χ4n) is 0.841. The molecule has 0 saturated heterocycles. The number of rotatable bonds is 2. The Morgan fingerprint density at radius 1 is 1.20 bits per heavy atom. The van der Waals surface area contributed by atoms with Crippen LogP contribution in [-0.4, -0.2) is 11.6 Å². The molecule has 0 fully saturated rings. The molecule has 2 heteroatoms. The van der Waals surface area contributed by atoms with Gasteiger partial charge in [0.1, 0.15) is 0 Å². The summed E-state index contributed by atoms with van der Waals surface area (Å²) in [4.78, 5) is 21.4. The molecule has 10 heavy (non-hydrogen) atoms. The third-order valence-electron chi connectivity index (χ3n) is 1.40. The van der Waals surface area contributed by atoms with E-state index < -0.39 is 0 Å². The zero-order valence-corrected chi connectivity index (χ0v) is 5.70. The van der Waals surface area contributed by atoms with Gasteiger partial charge in [-0.1, -0.05) is 24.3 Å². The van der Waals surface area contributed by atoms with Gasteiger partial charge >= 0.3 is 0 Å². The van der Waals surface area contributed by atoms with Gasteiger partial charge < -0.3 is 0 Å². The van der Waals surface area contributed by atoms with Gasteiger partial charge in [0.2, 0.25) is 5.78 Å². The first-order valence-electron chi connectivity index (χ1n) is 3.11. The lowest BCUT2D eigenvalue weighted by Crippen LogP contribution is -2.16. The van der Waals surface area contributed by atoms with Crippen LogP contribution < -0.4 is 0 Å². The van der Waals surface area contributed by atoms with Crippen LogP contribution >= 0.6 is 0 Å². The highest BCUT2D eigenvalue weighted by Crippen LogP contribution is 2.09. The molecule has 0 aliphatic heterocycles. The van der Waals surface area contributed by atoms with Crippen molar-refractivity contribution in [3.8, 4) is 0 Å². The maximum atomic E-state index is 10.9. The van der Waals surface area contributed by atoms with Gasteiger partial charge in [-0.25, -0.2) is 0 Å². The van der Waals surface area contributed by atoms with Crippen molar-refractivity contribution in [3.63, 3.8) is 0 Å². The van der Waals surface area contributed by atoms with Crippen LogP contribution in [0.15, 0.2) is 24.3 Å². The summed E-state index contributed by atoms with van der Waals surface area (Å²) in [5, 5.41) is 0. The summed E-state index contributed by atoms with van der Waals surface area (Å²) in [6.07, 6.45) is 6.96. The minimum Gasteiger partial charge on any atom is -0.291 e. The van der Waals surface area contributed by atoms with Gasteiger partial charge in [-0.2, -0.15) is 0 Å². The second kappa shape index (κ2) is 2.60. The maximum absolute atomic E-state index is 10.9. The molecular weight excluding hydrogens is 128 g/mol. The Balaban J connectivity index is 2.67. The van der Waals surface area contributed by atoms with E-state index in [1.54, 1.807) is 24.3 Å². The Labute approximate surface area is 59.2 Å². The number of hydrogen-bond acceptors (Lipinski definition) is 2. The fraction of sp³-hybridized carbons (Fsp3) is 0.250. The van der Waals surface area contributed by atoms with E-state index in [4.69, 9.17) is 0 Å². The minimum atomic E-state index is -0.374. The molecular formula is C8H8O2. The predicted octanol–water partition coefficient (Wildman–Crippen LogP) is 0.887. The Morgan fingerprint density at radius 3 is 2.10 bits per heavy atom. The molecule has 0 radical (unpaired) electrons. The highest BCUT2D eigenvalue weighted by atomic mass is 16.2. The zero-order valence-electron chi connectivity index (χ0n) is 5.70. The van der Waals surface area contributed by atoms with E-state index in [2.05, 4.69) is 0 Å². The molecule has 1 aliphatic carbocycles. The van der Waals surface area contributed by atoms with Crippen molar-refractivity contribution >= 4 is 11.6 Å². The summed E-state index contributed by atoms with van der Waals surface area (Å²) in [5.41, 5.74) is 0. The molecule has 0 atom stereocenters. The molecule has 0 amide bonds. The van der Waals surface area contributed by atoms with Gasteiger partial charge in [-0.3, -0.25) is 9.59 Å². The standard InChI is InChI=1S/C8H8O2/c1-6(9)8(10)7-4-2-3-5-7/h2-5,7H,1H3. The smallest absolute Gasteiger partial charge is 0.208 e. The molecule has 1 rings (SSSR count). The topological polar surface area (TPSA) is 34.1 Å². The number of Topliss-reactive ketones (excluding diaryl/α,β-unsaturated/α-hetero) is 2. The summed E-state index contributed by atoms with van der Waals surface area (Å²) in [6, 6.07) is 0. The van der Waals surface area contributed by atoms with Crippen molar-refractivity contribution in [1.29, 1.82) is 0 Å². The van der Waals surface area contributed by atoms with Gasteiger partial charge in [-0.15, -0.1) is 0 Å². The first-order valence-corrected chi connectivity index (χ1v) is 3.11. The molecule has 0 aromatic heterocycles. The highest BCUT2D eigenvalue weighted by Gasteiger charge is 2.17. The average Bonchev–Trinajstić information content (AvgIpc) is 2.36. The highest BCUT2D eigenvalue weighted by molar-refractivity contribution is 6.37. The van der Waals surface area contributed by atoms with E-state index in [1.165, 1.54) is 6.92 Å². The second-order valence-electron chi connectivity index (χ2n) is 2.22. The molecule has 0 heterocycles. The Morgan fingerprint density at radius 2 is 1.70 bits per heavy atom. The van der Waals surface area contributed by atoms with Crippen LogP contribution in [0.25, 0.3) is 0 Å². The monoisotopic (exact) mass is 136 g/mol. The van der Waals surface area contributed by atoms with Crippen LogP contribution in [-0.2, 0) is 9.59 Å². The van der Waals surface area contributed by atoms with Crippen LogP contribution in [0, 0.1) is 5.92 Å². The van der Waals surface area contributed by atoms with Gasteiger partial charge in [0, 0.05) is 6.92 Å². The van der Waals surface area contributed by atoms with Crippen LogP contribution in [0.5, 0.6) is 0 Å². The zero-order chi connectivity index (χ0) is 7.56. The first-order chi connectivity index (χ1) is 4.72. The molecule has 52 valence electrons. The van der Waals surface area contributed by atoms with Crippen LogP contribution in [0.3, 0.4) is 0 Å². The normalized spacial score (nSPS) is 16.1. The Kier molecular flexibility index (Phi) is 1.81. The molecule has 2 nitrogen and oxygen atoms in total. The summed E-state index contributed by atoms with van der Waals surface area (Å²) in [7, 11) is 0. The first kappa shape index (κ1) is 6.93. The minimum absolute atomic E-state index is 0.294. The molecule has 0 aromatic carbocycles. The lowest BCUT2D eigenvalue weighted by atomic mass is 10.0. The van der Waals surface area contributed by atoms with E-state index >= 15 is 0 Å². The summed E-state index contributed by atoms with van der Waals surface area (Å²) < 4.78 is 0. The quantitative estimate of drug-likeness (QED) is 0.528. The second-order valence-corrected chi connectivity index (χ2v) is 2.22. The molecule has 0 spiro atoms. The number of allylic oxidation sites excluding steroid dienone is 4. The average molecular weight is 136 g/mol. The van der Waals surface area contributed by atoms with Crippen molar-refractivity contribution in [2.75, 3.05) is 0 Å². The molecule has 0 N–H and O–H groups in total. The molecule has 1 aliphatic rings. The molecule has 0 bridgehead atoms. The number of ketones is 2. The fourth-order valence-corrected chi connectivity index (χ4v) is 0.841. The summed E-state index contributed by atoms with van der Waals surface area (Å²) >= 11 is 0. The largest absolute Gasteiger partial charge is 0.291 e. The third-order valence-corrected chi connectivity index (χ3v) is 1.40. The number of hydrogen-bond donors (Lipinski definition) is 0. The van der Waals surface area contributed by atoms with Crippen LogP contribution in [0.2, 0.25) is 0 Å². The maximum Gasteiger partial charge on any atom is 0.208 e. The van der Waals surface area contributed by atoms with Crippen LogP contribution in [0.1, 0.15) is 6.92 Å². The van der Waals surface area contributed by atoms with E-state index in [1.807, 2.05) is 0 Å².